The maximum atomic E-state index is 5.94. The molecule has 0 saturated heterocycles. The molecule has 130 valence electrons. The fourth-order valence-electron chi connectivity index (χ4n) is 2.39. The normalized spacial score (nSPS) is 10.9. The van der Waals surface area contributed by atoms with Crippen molar-refractivity contribution >= 4 is 27.7 Å². The van der Waals surface area contributed by atoms with E-state index in [1.165, 1.54) is 11.1 Å². The summed E-state index contributed by atoms with van der Waals surface area (Å²) in [5, 5.41) is 9.45. The van der Waals surface area contributed by atoms with Crippen molar-refractivity contribution in [2.45, 2.75) is 31.4 Å². The van der Waals surface area contributed by atoms with Crippen molar-refractivity contribution < 1.29 is 4.74 Å². The third-order valence-electron chi connectivity index (χ3n) is 4.09. The standard InChI is InChI=1S/C19H20BrN3OS/c1-13-6-4-9-17(14(13)2)24-11-18-21-22-19(23(18)3)25-12-15-7-5-8-16(20)10-15/h4-10H,11-12H2,1-3H3. The average molecular weight is 418 g/mol. The first-order chi connectivity index (χ1) is 12.0. The van der Waals surface area contributed by atoms with Gasteiger partial charge in [0.15, 0.2) is 11.0 Å². The number of aromatic nitrogens is 3. The van der Waals surface area contributed by atoms with Crippen LogP contribution in [0.25, 0.3) is 0 Å². The quantitative estimate of drug-likeness (QED) is 0.525. The number of hydrogen-bond acceptors (Lipinski definition) is 4. The summed E-state index contributed by atoms with van der Waals surface area (Å²) in [7, 11) is 1.98. The average Bonchev–Trinajstić information content (AvgIpc) is 2.94. The Morgan fingerprint density at radius 2 is 1.92 bits per heavy atom. The van der Waals surface area contributed by atoms with Crippen LogP contribution >= 0.6 is 27.7 Å². The molecule has 2 aromatic carbocycles. The molecule has 6 heteroatoms. The van der Waals surface area contributed by atoms with Gasteiger partial charge in [0.05, 0.1) is 0 Å². The van der Waals surface area contributed by atoms with Gasteiger partial charge in [-0.25, -0.2) is 0 Å². The summed E-state index contributed by atoms with van der Waals surface area (Å²) in [6.45, 7) is 4.56. The van der Waals surface area contributed by atoms with E-state index in [9.17, 15) is 0 Å². The van der Waals surface area contributed by atoms with Crippen LogP contribution in [-0.2, 0) is 19.4 Å². The van der Waals surface area contributed by atoms with E-state index in [1.807, 2.05) is 35.9 Å². The molecule has 4 nitrogen and oxygen atoms in total. The predicted molar refractivity (Wildman–Crippen MR) is 105 cm³/mol. The summed E-state index contributed by atoms with van der Waals surface area (Å²) in [5.41, 5.74) is 3.63. The Bertz CT molecular complexity index is 879. The van der Waals surface area contributed by atoms with Crippen LogP contribution < -0.4 is 4.74 Å². The minimum absolute atomic E-state index is 0.408. The van der Waals surface area contributed by atoms with Gasteiger partial charge in [-0.1, -0.05) is 52.0 Å². The first kappa shape index (κ1) is 18.0. The zero-order valence-electron chi connectivity index (χ0n) is 14.5. The number of halogens is 1. The molecular formula is C19H20BrN3OS. The fraction of sp³-hybridized carbons (Fsp3) is 0.263. The second-order valence-electron chi connectivity index (χ2n) is 5.86. The fourth-order valence-corrected chi connectivity index (χ4v) is 3.71. The van der Waals surface area contributed by atoms with Crippen LogP contribution in [0.3, 0.4) is 0 Å². The molecule has 0 aliphatic rings. The summed E-state index contributed by atoms with van der Waals surface area (Å²) in [6, 6.07) is 14.4. The van der Waals surface area contributed by atoms with Crippen molar-refractivity contribution in [2.75, 3.05) is 0 Å². The van der Waals surface area contributed by atoms with Crippen LogP contribution in [0.15, 0.2) is 52.1 Å². The first-order valence-corrected chi connectivity index (χ1v) is 9.77. The van der Waals surface area contributed by atoms with Gasteiger partial charge in [-0.15, -0.1) is 10.2 Å². The Morgan fingerprint density at radius 1 is 1.12 bits per heavy atom. The van der Waals surface area contributed by atoms with Gasteiger partial charge < -0.3 is 9.30 Å². The van der Waals surface area contributed by atoms with Crippen molar-refractivity contribution in [3.05, 3.63) is 69.5 Å². The first-order valence-electron chi connectivity index (χ1n) is 7.99. The molecule has 0 N–H and O–H groups in total. The largest absolute Gasteiger partial charge is 0.485 e. The highest BCUT2D eigenvalue weighted by atomic mass is 79.9. The Balaban J connectivity index is 1.64. The van der Waals surface area contributed by atoms with Gasteiger partial charge in [-0.2, -0.15) is 0 Å². The summed E-state index contributed by atoms with van der Waals surface area (Å²) in [4.78, 5) is 0. The summed E-state index contributed by atoms with van der Waals surface area (Å²) >= 11 is 5.17. The van der Waals surface area contributed by atoms with Crippen LogP contribution in [0.4, 0.5) is 0 Å². The lowest BCUT2D eigenvalue weighted by molar-refractivity contribution is 0.288. The lowest BCUT2D eigenvalue weighted by atomic mass is 10.1. The molecule has 0 atom stereocenters. The molecule has 1 heterocycles. The number of hydrogen-bond donors (Lipinski definition) is 0. The maximum absolute atomic E-state index is 5.94. The Kier molecular flexibility index (Phi) is 5.81. The van der Waals surface area contributed by atoms with Crippen molar-refractivity contribution in [2.24, 2.45) is 7.05 Å². The zero-order chi connectivity index (χ0) is 17.8. The lowest BCUT2D eigenvalue weighted by Gasteiger charge is -2.10. The molecule has 0 fully saturated rings. The molecule has 3 aromatic rings. The molecule has 0 unspecified atom stereocenters. The highest BCUT2D eigenvalue weighted by Gasteiger charge is 2.11. The number of rotatable bonds is 6. The van der Waals surface area contributed by atoms with E-state index in [2.05, 4.69) is 58.2 Å². The highest BCUT2D eigenvalue weighted by molar-refractivity contribution is 9.10. The molecule has 25 heavy (non-hydrogen) atoms. The van der Waals surface area contributed by atoms with Crippen LogP contribution in [0.2, 0.25) is 0 Å². The number of aryl methyl sites for hydroxylation is 1. The smallest absolute Gasteiger partial charge is 0.191 e. The summed E-state index contributed by atoms with van der Waals surface area (Å²) in [5.74, 6) is 2.56. The monoisotopic (exact) mass is 417 g/mol. The van der Waals surface area contributed by atoms with Gasteiger partial charge in [0.2, 0.25) is 0 Å². The molecule has 0 aliphatic heterocycles. The van der Waals surface area contributed by atoms with E-state index in [4.69, 9.17) is 4.74 Å². The van der Waals surface area contributed by atoms with Gasteiger partial charge in [0.1, 0.15) is 12.4 Å². The van der Waals surface area contributed by atoms with Crippen molar-refractivity contribution in [1.82, 2.24) is 14.8 Å². The van der Waals surface area contributed by atoms with Gasteiger partial charge in [-0.3, -0.25) is 0 Å². The van der Waals surface area contributed by atoms with E-state index >= 15 is 0 Å². The van der Waals surface area contributed by atoms with Gasteiger partial charge in [0, 0.05) is 17.3 Å². The number of benzene rings is 2. The summed E-state index contributed by atoms with van der Waals surface area (Å²) in [6.07, 6.45) is 0. The minimum atomic E-state index is 0.408. The van der Waals surface area contributed by atoms with E-state index in [0.29, 0.717) is 6.61 Å². The van der Waals surface area contributed by atoms with Crippen molar-refractivity contribution in [3.63, 3.8) is 0 Å². The van der Waals surface area contributed by atoms with E-state index in [-0.39, 0.29) is 0 Å². The number of ether oxygens (including phenoxy) is 1. The molecule has 0 spiro atoms. The number of thioether (sulfide) groups is 1. The Labute approximate surface area is 160 Å². The van der Waals surface area contributed by atoms with E-state index in [1.54, 1.807) is 11.8 Å². The van der Waals surface area contributed by atoms with Crippen LogP contribution in [0.1, 0.15) is 22.5 Å². The lowest BCUT2D eigenvalue weighted by Crippen LogP contribution is -2.05. The molecule has 3 rings (SSSR count). The molecular weight excluding hydrogens is 398 g/mol. The molecule has 0 amide bonds. The van der Waals surface area contributed by atoms with Gasteiger partial charge in [0.25, 0.3) is 0 Å². The zero-order valence-corrected chi connectivity index (χ0v) is 16.9. The highest BCUT2D eigenvalue weighted by Crippen LogP contribution is 2.24. The Morgan fingerprint density at radius 3 is 2.72 bits per heavy atom. The minimum Gasteiger partial charge on any atom is -0.485 e. The van der Waals surface area contributed by atoms with E-state index < -0.39 is 0 Å². The van der Waals surface area contributed by atoms with Crippen molar-refractivity contribution in [1.29, 1.82) is 0 Å². The van der Waals surface area contributed by atoms with Gasteiger partial charge in [-0.05, 0) is 48.7 Å². The van der Waals surface area contributed by atoms with Crippen molar-refractivity contribution in [3.8, 4) is 5.75 Å². The second-order valence-corrected chi connectivity index (χ2v) is 7.72. The van der Waals surface area contributed by atoms with Crippen LogP contribution in [0.5, 0.6) is 5.75 Å². The molecule has 0 aliphatic carbocycles. The van der Waals surface area contributed by atoms with Gasteiger partial charge >= 0.3 is 0 Å². The predicted octanol–water partition coefficient (Wildman–Crippen LogP) is 5.07. The SMILES string of the molecule is Cc1cccc(OCc2nnc(SCc3cccc(Br)c3)n2C)c1C. The van der Waals surface area contributed by atoms with E-state index in [0.717, 1.165) is 32.5 Å². The maximum Gasteiger partial charge on any atom is 0.191 e. The van der Waals surface area contributed by atoms with Crippen LogP contribution in [0, 0.1) is 13.8 Å². The molecule has 1 aromatic heterocycles. The third-order valence-corrected chi connectivity index (χ3v) is 5.68. The van der Waals surface area contributed by atoms with Crippen LogP contribution in [-0.4, -0.2) is 14.8 Å². The summed E-state index contributed by atoms with van der Waals surface area (Å²) < 4.78 is 9.02. The second kappa shape index (κ2) is 8.06. The molecule has 0 radical (unpaired) electrons. The number of nitrogens with zero attached hydrogens (tertiary/aromatic N) is 3. The molecule has 0 saturated carbocycles. The Hall–Kier alpha value is -1.79. The molecule has 0 bridgehead atoms. The topological polar surface area (TPSA) is 39.9 Å². The third kappa shape index (κ3) is 4.44.